The molecule has 4 rings (SSSR count). The van der Waals surface area contributed by atoms with E-state index >= 15 is 0 Å². The summed E-state index contributed by atoms with van der Waals surface area (Å²) >= 11 is 6.39. The molecule has 6 heteroatoms. The number of carbonyl (C=O) groups excluding carboxylic acids is 2. The van der Waals surface area contributed by atoms with Crippen LogP contribution < -0.4 is 4.90 Å². The van der Waals surface area contributed by atoms with Crippen LogP contribution in [0.15, 0.2) is 66.7 Å². The normalized spacial score (nSPS) is 15.0. The van der Waals surface area contributed by atoms with Crippen molar-refractivity contribution in [1.29, 1.82) is 0 Å². The van der Waals surface area contributed by atoms with E-state index < -0.39 is 6.23 Å². The van der Waals surface area contributed by atoms with Crippen molar-refractivity contribution in [1.82, 2.24) is 0 Å². The fourth-order valence-electron chi connectivity index (χ4n) is 4.05. The van der Waals surface area contributed by atoms with E-state index in [-0.39, 0.29) is 18.3 Å². The molecule has 32 heavy (non-hydrogen) atoms. The number of ether oxygens (including phenoxy) is 1. The molecule has 1 atom stereocenters. The minimum atomic E-state index is -1.17. The van der Waals surface area contributed by atoms with Crippen LogP contribution in [0.5, 0.6) is 0 Å². The third kappa shape index (κ3) is 4.40. The van der Waals surface area contributed by atoms with Crippen LogP contribution >= 0.6 is 11.6 Å². The van der Waals surface area contributed by atoms with Crippen molar-refractivity contribution in [3.8, 4) is 0 Å². The van der Waals surface area contributed by atoms with Crippen LogP contribution in [0.4, 0.5) is 5.69 Å². The van der Waals surface area contributed by atoms with Crippen molar-refractivity contribution in [2.24, 2.45) is 0 Å². The monoisotopic (exact) mass is 449 g/mol. The standard InChI is InChI=1S/C26H24ClNO4/c1-2-32-22(29)16-18-9-13-20(14-10-18)28-25(30)23-19(11-8-17-6-4-3-5-7-17)12-15-21(27)24(23)26(28)31/h3-7,9-10,12-15,26,31H,2,8,11,16H2,1H3. The van der Waals surface area contributed by atoms with Crippen molar-refractivity contribution in [3.63, 3.8) is 0 Å². The summed E-state index contributed by atoms with van der Waals surface area (Å²) in [7, 11) is 0. The van der Waals surface area contributed by atoms with Crippen molar-refractivity contribution < 1.29 is 19.4 Å². The van der Waals surface area contributed by atoms with Gasteiger partial charge in [0, 0.05) is 16.3 Å². The van der Waals surface area contributed by atoms with Gasteiger partial charge in [-0.15, -0.1) is 0 Å². The Morgan fingerprint density at radius 1 is 1.00 bits per heavy atom. The number of amides is 1. The number of carbonyl (C=O) groups is 2. The molecule has 5 nitrogen and oxygen atoms in total. The summed E-state index contributed by atoms with van der Waals surface area (Å²) in [6, 6.07) is 20.6. The van der Waals surface area contributed by atoms with Crippen LogP contribution in [0.3, 0.4) is 0 Å². The summed E-state index contributed by atoms with van der Waals surface area (Å²) in [6.07, 6.45) is 0.424. The zero-order valence-electron chi connectivity index (χ0n) is 17.8. The van der Waals surface area contributed by atoms with Gasteiger partial charge in [-0.25, -0.2) is 0 Å². The molecule has 0 radical (unpaired) electrons. The van der Waals surface area contributed by atoms with Gasteiger partial charge in [-0.2, -0.15) is 0 Å². The van der Waals surface area contributed by atoms with Crippen molar-refractivity contribution in [3.05, 3.63) is 99.6 Å². The molecule has 0 aromatic heterocycles. The third-order valence-corrected chi connectivity index (χ3v) is 5.94. The summed E-state index contributed by atoms with van der Waals surface area (Å²) in [5.74, 6) is -0.587. The lowest BCUT2D eigenvalue weighted by Gasteiger charge is -2.21. The number of aliphatic hydroxyl groups is 1. The van der Waals surface area contributed by atoms with E-state index in [1.54, 1.807) is 37.3 Å². The Bertz CT molecular complexity index is 1130. The highest BCUT2D eigenvalue weighted by molar-refractivity contribution is 6.32. The second-order valence-electron chi connectivity index (χ2n) is 7.68. The second-order valence-corrected chi connectivity index (χ2v) is 8.09. The van der Waals surface area contributed by atoms with Crippen LogP contribution in [0.25, 0.3) is 0 Å². The molecular weight excluding hydrogens is 426 g/mol. The van der Waals surface area contributed by atoms with E-state index in [1.807, 2.05) is 24.3 Å². The maximum Gasteiger partial charge on any atom is 0.310 e. The Labute approximate surface area is 192 Å². The summed E-state index contributed by atoms with van der Waals surface area (Å²) in [6.45, 7) is 2.09. The Morgan fingerprint density at radius 2 is 1.72 bits per heavy atom. The summed E-state index contributed by atoms with van der Waals surface area (Å²) in [4.78, 5) is 26.4. The number of nitrogens with zero attached hydrogens (tertiary/aromatic N) is 1. The van der Waals surface area contributed by atoms with Gasteiger partial charge in [0.2, 0.25) is 0 Å². The minimum Gasteiger partial charge on any atom is -0.466 e. The van der Waals surface area contributed by atoms with Gasteiger partial charge in [0.15, 0.2) is 6.23 Å². The molecule has 3 aromatic carbocycles. The zero-order chi connectivity index (χ0) is 22.7. The van der Waals surface area contributed by atoms with E-state index in [0.29, 0.717) is 34.9 Å². The van der Waals surface area contributed by atoms with E-state index in [2.05, 4.69) is 12.1 Å². The molecule has 0 bridgehead atoms. The Balaban J connectivity index is 1.58. The maximum absolute atomic E-state index is 13.4. The number of esters is 1. The fourth-order valence-corrected chi connectivity index (χ4v) is 4.30. The Hall–Kier alpha value is -3.15. The molecule has 0 aliphatic carbocycles. The van der Waals surface area contributed by atoms with E-state index in [4.69, 9.17) is 16.3 Å². The number of benzene rings is 3. The summed E-state index contributed by atoms with van der Waals surface area (Å²) in [5.41, 5.74) is 4.26. The van der Waals surface area contributed by atoms with Gasteiger partial charge in [0.05, 0.1) is 18.6 Å². The summed E-state index contributed by atoms with van der Waals surface area (Å²) < 4.78 is 4.98. The molecule has 1 amide bonds. The van der Waals surface area contributed by atoms with Gasteiger partial charge in [0.25, 0.3) is 5.91 Å². The smallest absolute Gasteiger partial charge is 0.310 e. The van der Waals surface area contributed by atoms with E-state index in [9.17, 15) is 14.7 Å². The number of anilines is 1. The van der Waals surface area contributed by atoms with Crippen LogP contribution in [-0.4, -0.2) is 23.6 Å². The molecular formula is C26H24ClNO4. The van der Waals surface area contributed by atoms with Gasteiger partial charge < -0.3 is 9.84 Å². The molecule has 1 heterocycles. The van der Waals surface area contributed by atoms with Gasteiger partial charge in [-0.1, -0.05) is 60.1 Å². The molecule has 0 fully saturated rings. The number of aryl methyl sites for hydroxylation is 2. The average molecular weight is 450 g/mol. The van der Waals surface area contributed by atoms with Crippen LogP contribution in [0.2, 0.25) is 5.02 Å². The first kappa shape index (κ1) is 22.1. The van der Waals surface area contributed by atoms with E-state index in [0.717, 1.165) is 17.5 Å². The molecule has 1 N–H and O–H groups in total. The number of aliphatic hydroxyl groups excluding tert-OH is 1. The number of hydrogen-bond donors (Lipinski definition) is 1. The lowest BCUT2D eigenvalue weighted by atomic mass is 9.97. The first-order chi connectivity index (χ1) is 15.5. The van der Waals surface area contributed by atoms with Gasteiger partial charge in [0.1, 0.15) is 0 Å². The Kier molecular flexibility index (Phi) is 6.58. The van der Waals surface area contributed by atoms with Crippen LogP contribution in [0.1, 0.15) is 45.8 Å². The first-order valence-corrected chi connectivity index (χ1v) is 11.0. The molecule has 0 spiro atoms. The van der Waals surface area contributed by atoms with Crippen LogP contribution in [-0.2, 0) is 28.8 Å². The highest BCUT2D eigenvalue weighted by Gasteiger charge is 2.39. The highest BCUT2D eigenvalue weighted by Crippen LogP contribution is 2.41. The molecule has 0 saturated carbocycles. The average Bonchev–Trinajstić information content (AvgIpc) is 3.06. The topological polar surface area (TPSA) is 66.8 Å². The van der Waals surface area contributed by atoms with E-state index in [1.165, 1.54) is 10.5 Å². The predicted octanol–water partition coefficient (Wildman–Crippen LogP) is 4.88. The van der Waals surface area contributed by atoms with Crippen molar-refractivity contribution >= 4 is 29.2 Å². The molecule has 164 valence electrons. The quantitative estimate of drug-likeness (QED) is 0.522. The van der Waals surface area contributed by atoms with Gasteiger partial charge in [-0.3, -0.25) is 14.5 Å². The molecule has 0 saturated heterocycles. The maximum atomic E-state index is 13.4. The lowest BCUT2D eigenvalue weighted by molar-refractivity contribution is -0.142. The number of fused-ring (bicyclic) bond motifs is 1. The number of hydrogen-bond acceptors (Lipinski definition) is 4. The predicted molar refractivity (Wildman–Crippen MR) is 124 cm³/mol. The highest BCUT2D eigenvalue weighted by atomic mass is 35.5. The zero-order valence-corrected chi connectivity index (χ0v) is 18.5. The molecule has 1 unspecified atom stereocenters. The Morgan fingerprint density at radius 3 is 2.41 bits per heavy atom. The largest absolute Gasteiger partial charge is 0.466 e. The van der Waals surface area contributed by atoms with Crippen LogP contribution in [0, 0.1) is 0 Å². The lowest BCUT2D eigenvalue weighted by Crippen LogP contribution is -2.27. The molecule has 1 aliphatic rings. The number of halogens is 1. The second kappa shape index (κ2) is 9.55. The van der Waals surface area contributed by atoms with Crippen molar-refractivity contribution in [2.45, 2.75) is 32.4 Å². The molecule has 1 aliphatic heterocycles. The minimum absolute atomic E-state index is 0.153. The van der Waals surface area contributed by atoms with Crippen molar-refractivity contribution in [2.75, 3.05) is 11.5 Å². The summed E-state index contributed by atoms with van der Waals surface area (Å²) in [5, 5.41) is 11.4. The number of rotatable bonds is 7. The first-order valence-electron chi connectivity index (χ1n) is 10.6. The van der Waals surface area contributed by atoms with Gasteiger partial charge >= 0.3 is 5.97 Å². The third-order valence-electron chi connectivity index (χ3n) is 5.61. The SMILES string of the molecule is CCOC(=O)Cc1ccc(N2C(=O)c3c(CCc4ccccc4)ccc(Cl)c3C2O)cc1. The fraction of sp³-hybridized carbons (Fsp3) is 0.231. The van der Waals surface area contributed by atoms with Gasteiger partial charge in [-0.05, 0) is 54.7 Å². The molecule has 3 aromatic rings.